The summed E-state index contributed by atoms with van der Waals surface area (Å²) in [4.78, 5) is 0. The molecule has 0 aromatic rings. The van der Waals surface area contributed by atoms with E-state index < -0.39 is 0 Å². The molecule has 0 fully saturated rings. The van der Waals surface area contributed by atoms with Crippen LogP contribution in [0.3, 0.4) is 0 Å². The van der Waals surface area contributed by atoms with Crippen LogP contribution in [0.25, 0.3) is 0 Å². The maximum atomic E-state index is 3.59. The van der Waals surface area contributed by atoms with E-state index in [-0.39, 0.29) is 5.66 Å². The smallest absolute Gasteiger partial charge is 0.0710 e. The molecule has 0 rings (SSSR count). The van der Waals surface area contributed by atoms with Crippen molar-refractivity contribution in [1.29, 1.82) is 0 Å². The molecule has 0 saturated carbocycles. The minimum absolute atomic E-state index is 0.151. The fourth-order valence-corrected chi connectivity index (χ4v) is 1.96. The lowest BCUT2D eigenvalue weighted by atomic mass is 9.91. The van der Waals surface area contributed by atoms with Crippen molar-refractivity contribution < 1.29 is 0 Å². The van der Waals surface area contributed by atoms with E-state index in [0.717, 1.165) is 13.1 Å². The van der Waals surface area contributed by atoms with Gasteiger partial charge >= 0.3 is 0 Å². The average Bonchev–Trinajstić information content (AvgIpc) is 2.05. The molecule has 2 nitrogen and oxygen atoms in total. The lowest BCUT2D eigenvalue weighted by Gasteiger charge is -2.39. The highest BCUT2D eigenvalue weighted by molar-refractivity contribution is 4.87. The largest absolute Gasteiger partial charge is 0.299 e. The van der Waals surface area contributed by atoms with Crippen molar-refractivity contribution in [2.75, 3.05) is 13.1 Å². The summed E-state index contributed by atoms with van der Waals surface area (Å²) < 4.78 is 0. The summed E-state index contributed by atoms with van der Waals surface area (Å²) in [6, 6.07) is 0. The topological polar surface area (TPSA) is 24.1 Å². The number of rotatable bonds is 7. The van der Waals surface area contributed by atoms with Gasteiger partial charge in [-0.2, -0.15) is 0 Å². The standard InChI is InChI=1S/C11H26N2/c1-6-9-11(10(4)5,12-7-2)13-8-3/h10,12-13H,6-9H2,1-5H3. The molecule has 2 heteroatoms. The zero-order chi connectivity index (χ0) is 10.3. The van der Waals surface area contributed by atoms with E-state index in [0.29, 0.717) is 5.92 Å². The summed E-state index contributed by atoms with van der Waals surface area (Å²) >= 11 is 0. The summed E-state index contributed by atoms with van der Waals surface area (Å²) in [6.07, 6.45) is 2.42. The zero-order valence-electron chi connectivity index (χ0n) is 9.91. The third-order valence-corrected chi connectivity index (χ3v) is 2.61. The number of hydrogen-bond acceptors (Lipinski definition) is 2. The highest BCUT2D eigenvalue weighted by Gasteiger charge is 2.30. The van der Waals surface area contributed by atoms with E-state index in [2.05, 4.69) is 45.3 Å². The monoisotopic (exact) mass is 186 g/mol. The highest BCUT2D eigenvalue weighted by Crippen LogP contribution is 2.19. The molecular weight excluding hydrogens is 160 g/mol. The Labute approximate surface area is 83.5 Å². The predicted octanol–water partition coefficient (Wildman–Crippen LogP) is 2.36. The van der Waals surface area contributed by atoms with Crippen LogP contribution in [0.1, 0.15) is 47.5 Å². The van der Waals surface area contributed by atoms with Gasteiger partial charge in [-0.15, -0.1) is 0 Å². The number of hydrogen-bond donors (Lipinski definition) is 2. The van der Waals surface area contributed by atoms with Gasteiger partial charge in [0.1, 0.15) is 0 Å². The van der Waals surface area contributed by atoms with Crippen molar-refractivity contribution in [2.45, 2.75) is 53.1 Å². The van der Waals surface area contributed by atoms with E-state index in [4.69, 9.17) is 0 Å². The van der Waals surface area contributed by atoms with Crippen molar-refractivity contribution >= 4 is 0 Å². The van der Waals surface area contributed by atoms with Crippen LogP contribution in [0.15, 0.2) is 0 Å². The first kappa shape index (κ1) is 12.9. The average molecular weight is 186 g/mol. The Kier molecular flexibility index (Phi) is 6.35. The molecule has 0 aliphatic heterocycles. The fraction of sp³-hybridized carbons (Fsp3) is 1.00. The first-order valence-electron chi connectivity index (χ1n) is 5.63. The molecule has 0 aliphatic carbocycles. The van der Waals surface area contributed by atoms with Crippen LogP contribution < -0.4 is 10.6 Å². The summed E-state index contributed by atoms with van der Waals surface area (Å²) in [5.41, 5.74) is 0.151. The van der Waals surface area contributed by atoms with E-state index in [1.165, 1.54) is 12.8 Å². The zero-order valence-corrected chi connectivity index (χ0v) is 9.91. The summed E-state index contributed by atoms with van der Waals surface area (Å²) in [5, 5.41) is 7.17. The van der Waals surface area contributed by atoms with Crippen molar-refractivity contribution in [1.82, 2.24) is 10.6 Å². The maximum Gasteiger partial charge on any atom is 0.0710 e. The van der Waals surface area contributed by atoms with E-state index in [9.17, 15) is 0 Å². The third-order valence-electron chi connectivity index (χ3n) is 2.61. The summed E-state index contributed by atoms with van der Waals surface area (Å²) in [6.45, 7) is 13.2. The summed E-state index contributed by atoms with van der Waals surface area (Å²) in [5.74, 6) is 0.632. The first-order chi connectivity index (χ1) is 6.13. The van der Waals surface area contributed by atoms with Gasteiger partial charge in [0.05, 0.1) is 5.66 Å². The highest BCUT2D eigenvalue weighted by atomic mass is 15.2. The van der Waals surface area contributed by atoms with Crippen LogP contribution >= 0.6 is 0 Å². The van der Waals surface area contributed by atoms with Crippen molar-refractivity contribution in [3.63, 3.8) is 0 Å². The quantitative estimate of drug-likeness (QED) is 0.596. The van der Waals surface area contributed by atoms with Gasteiger partial charge in [0.2, 0.25) is 0 Å². The van der Waals surface area contributed by atoms with Gasteiger partial charge in [-0.3, -0.25) is 10.6 Å². The second-order valence-corrected chi connectivity index (χ2v) is 3.94. The Hall–Kier alpha value is -0.0800. The van der Waals surface area contributed by atoms with Crippen molar-refractivity contribution in [3.05, 3.63) is 0 Å². The van der Waals surface area contributed by atoms with Gasteiger partial charge < -0.3 is 0 Å². The Bertz CT molecular complexity index is 104. The minimum Gasteiger partial charge on any atom is -0.299 e. The summed E-state index contributed by atoms with van der Waals surface area (Å²) in [7, 11) is 0. The molecule has 0 amide bonds. The molecule has 2 N–H and O–H groups in total. The normalized spacial score (nSPS) is 12.5. The maximum absolute atomic E-state index is 3.59. The lowest BCUT2D eigenvalue weighted by Crippen LogP contribution is -2.60. The van der Waals surface area contributed by atoms with Crippen LogP contribution in [0.5, 0.6) is 0 Å². The van der Waals surface area contributed by atoms with E-state index in [1.54, 1.807) is 0 Å². The first-order valence-corrected chi connectivity index (χ1v) is 5.63. The SMILES string of the molecule is CCCC(NCC)(NCC)C(C)C. The Balaban J connectivity index is 4.38. The lowest BCUT2D eigenvalue weighted by molar-refractivity contribution is 0.170. The molecule has 0 aromatic heterocycles. The molecule has 0 spiro atoms. The van der Waals surface area contributed by atoms with E-state index in [1.807, 2.05) is 0 Å². The minimum atomic E-state index is 0.151. The van der Waals surface area contributed by atoms with Crippen LogP contribution in [0.4, 0.5) is 0 Å². The fourth-order valence-electron chi connectivity index (χ4n) is 1.96. The van der Waals surface area contributed by atoms with Gasteiger partial charge in [-0.25, -0.2) is 0 Å². The van der Waals surface area contributed by atoms with Crippen LogP contribution in [-0.2, 0) is 0 Å². The van der Waals surface area contributed by atoms with Gasteiger partial charge in [0.25, 0.3) is 0 Å². The van der Waals surface area contributed by atoms with Gasteiger partial charge in [-0.1, -0.05) is 41.0 Å². The second-order valence-electron chi connectivity index (χ2n) is 3.94. The third kappa shape index (κ3) is 3.65. The van der Waals surface area contributed by atoms with Crippen LogP contribution in [0.2, 0.25) is 0 Å². The predicted molar refractivity (Wildman–Crippen MR) is 59.8 cm³/mol. The molecule has 0 unspecified atom stereocenters. The molecule has 0 aliphatic rings. The molecule has 0 aromatic carbocycles. The second kappa shape index (κ2) is 6.39. The molecule has 0 bridgehead atoms. The van der Waals surface area contributed by atoms with Gasteiger partial charge in [0, 0.05) is 0 Å². The van der Waals surface area contributed by atoms with Crippen molar-refractivity contribution in [2.24, 2.45) is 5.92 Å². The molecule has 0 saturated heterocycles. The number of nitrogens with one attached hydrogen (secondary N) is 2. The Morgan fingerprint density at radius 3 is 1.69 bits per heavy atom. The van der Waals surface area contributed by atoms with Crippen molar-refractivity contribution in [3.8, 4) is 0 Å². The van der Waals surface area contributed by atoms with Crippen LogP contribution in [0, 0.1) is 5.92 Å². The molecule has 0 atom stereocenters. The molecule has 0 radical (unpaired) electrons. The van der Waals surface area contributed by atoms with Gasteiger partial charge in [-0.05, 0) is 25.4 Å². The molecule has 80 valence electrons. The Morgan fingerprint density at radius 1 is 1.00 bits per heavy atom. The van der Waals surface area contributed by atoms with Gasteiger partial charge in [0.15, 0.2) is 0 Å². The Morgan fingerprint density at radius 2 is 1.46 bits per heavy atom. The van der Waals surface area contributed by atoms with E-state index >= 15 is 0 Å². The molecule has 13 heavy (non-hydrogen) atoms. The van der Waals surface area contributed by atoms with Crippen LogP contribution in [-0.4, -0.2) is 18.8 Å². The molecule has 0 heterocycles. The molecular formula is C11H26N2.